The number of nitrogens with two attached hydrogens (primary N) is 1. The van der Waals surface area contributed by atoms with E-state index < -0.39 is 0 Å². The number of nitrogens with zero attached hydrogens (tertiary/aromatic N) is 2. The van der Waals surface area contributed by atoms with Gasteiger partial charge >= 0.3 is 0 Å². The summed E-state index contributed by atoms with van der Waals surface area (Å²) in [5.41, 5.74) is 3.87. The van der Waals surface area contributed by atoms with Crippen molar-refractivity contribution in [2.75, 3.05) is 5.43 Å². The van der Waals surface area contributed by atoms with E-state index in [-0.39, 0.29) is 11.6 Å². The van der Waals surface area contributed by atoms with Gasteiger partial charge in [-0.15, -0.1) is 21.5 Å². The van der Waals surface area contributed by atoms with Crippen LogP contribution in [0, 0.1) is 13.8 Å². The number of carbonyl (C=O) groups is 1. The Hall–Kier alpha value is -1.99. The maximum Gasteiger partial charge on any atom is 0.272 e. The van der Waals surface area contributed by atoms with Crippen LogP contribution in [-0.4, -0.2) is 16.1 Å². The van der Waals surface area contributed by atoms with Gasteiger partial charge in [-0.25, -0.2) is 5.84 Å². The van der Waals surface area contributed by atoms with Crippen LogP contribution in [0.3, 0.4) is 0 Å². The van der Waals surface area contributed by atoms with E-state index in [9.17, 15) is 4.79 Å². The molecule has 0 spiro atoms. The van der Waals surface area contributed by atoms with Gasteiger partial charge in [-0.3, -0.25) is 4.79 Å². The molecule has 0 bridgehead atoms. The highest BCUT2D eigenvalue weighted by atomic mass is 32.1. The van der Waals surface area contributed by atoms with Gasteiger partial charge in [-0.2, -0.15) is 0 Å². The van der Waals surface area contributed by atoms with Crippen LogP contribution in [0.4, 0.5) is 5.82 Å². The van der Waals surface area contributed by atoms with E-state index in [4.69, 9.17) is 5.84 Å². The van der Waals surface area contributed by atoms with Gasteiger partial charge in [0, 0.05) is 9.75 Å². The van der Waals surface area contributed by atoms with E-state index in [0.29, 0.717) is 12.4 Å². The molecule has 2 heterocycles. The number of hydrazine groups is 1. The normalized spacial score (nSPS) is 10.3. The molecule has 0 fully saturated rings. The van der Waals surface area contributed by atoms with Crippen molar-refractivity contribution in [2.24, 2.45) is 5.84 Å². The zero-order chi connectivity index (χ0) is 13.8. The number of nitrogens with one attached hydrogen (secondary N) is 2. The van der Waals surface area contributed by atoms with Crippen LogP contribution in [0.25, 0.3) is 0 Å². The van der Waals surface area contributed by atoms with E-state index >= 15 is 0 Å². The van der Waals surface area contributed by atoms with E-state index in [1.165, 1.54) is 10.4 Å². The first-order chi connectivity index (χ1) is 9.10. The summed E-state index contributed by atoms with van der Waals surface area (Å²) < 4.78 is 0. The third kappa shape index (κ3) is 3.27. The van der Waals surface area contributed by atoms with Crippen LogP contribution in [0.1, 0.15) is 25.8 Å². The Morgan fingerprint density at radius 2 is 2.16 bits per heavy atom. The van der Waals surface area contributed by atoms with Gasteiger partial charge in [-0.05, 0) is 37.6 Å². The van der Waals surface area contributed by atoms with E-state index in [1.807, 2.05) is 0 Å². The van der Waals surface area contributed by atoms with Crippen molar-refractivity contribution in [1.82, 2.24) is 15.5 Å². The minimum absolute atomic E-state index is 0.250. The summed E-state index contributed by atoms with van der Waals surface area (Å²) in [7, 11) is 0. The summed E-state index contributed by atoms with van der Waals surface area (Å²) in [6.07, 6.45) is 0. The Bertz CT molecular complexity index is 559. The number of hydrogen-bond donors (Lipinski definition) is 3. The second-order valence-corrected chi connectivity index (χ2v) is 5.42. The van der Waals surface area contributed by atoms with Crippen molar-refractivity contribution >= 4 is 23.1 Å². The Labute approximate surface area is 115 Å². The number of rotatable bonds is 4. The minimum atomic E-state index is -0.250. The number of aryl methyl sites for hydroxylation is 2. The molecule has 6 nitrogen and oxygen atoms in total. The Morgan fingerprint density at radius 3 is 2.68 bits per heavy atom. The second kappa shape index (κ2) is 5.77. The van der Waals surface area contributed by atoms with Gasteiger partial charge in [0.1, 0.15) is 0 Å². The molecule has 2 aromatic rings. The predicted molar refractivity (Wildman–Crippen MR) is 74.8 cm³/mol. The SMILES string of the molecule is Cc1cc(CNC(=O)c2ccc(NN)nn2)sc1C. The average molecular weight is 277 g/mol. The Kier molecular flexibility index (Phi) is 4.08. The van der Waals surface area contributed by atoms with Crippen LogP contribution in [-0.2, 0) is 6.54 Å². The van der Waals surface area contributed by atoms with Crippen molar-refractivity contribution in [1.29, 1.82) is 0 Å². The van der Waals surface area contributed by atoms with Crippen molar-refractivity contribution < 1.29 is 4.79 Å². The highest BCUT2D eigenvalue weighted by Gasteiger charge is 2.09. The number of anilines is 1. The summed E-state index contributed by atoms with van der Waals surface area (Å²) in [5.74, 6) is 5.34. The van der Waals surface area contributed by atoms with Gasteiger partial charge in [0.05, 0.1) is 6.54 Å². The first-order valence-corrected chi connectivity index (χ1v) is 6.56. The fourth-order valence-electron chi connectivity index (χ4n) is 1.53. The van der Waals surface area contributed by atoms with E-state index in [2.05, 4.69) is 40.9 Å². The zero-order valence-electron chi connectivity index (χ0n) is 10.7. The van der Waals surface area contributed by atoms with Gasteiger partial charge in [0.25, 0.3) is 5.91 Å². The van der Waals surface area contributed by atoms with E-state index in [0.717, 1.165) is 4.88 Å². The average Bonchev–Trinajstić information content (AvgIpc) is 2.75. The van der Waals surface area contributed by atoms with Crippen molar-refractivity contribution in [3.05, 3.63) is 39.2 Å². The molecule has 19 heavy (non-hydrogen) atoms. The molecule has 0 atom stereocenters. The number of aromatic nitrogens is 2. The molecule has 0 aliphatic carbocycles. The monoisotopic (exact) mass is 277 g/mol. The molecule has 100 valence electrons. The third-order valence-corrected chi connectivity index (χ3v) is 3.84. The number of amides is 1. The molecule has 4 N–H and O–H groups in total. The molecule has 0 saturated carbocycles. The number of hydrogen-bond acceptors (Lipinski definition) is 6. The lowest BCUT2D eigenvalue weighted by atomic mass is 10.3. The summed E-state index contributed by atoms with van der Waals surface area (Å²) in [6, 6.07) is 5.25. The van der Waals surface area contributed by atoms with Crippen LogP contribution in [0.5, 0.6) is 0 Å². The lowest BCUT2D eigenvalue weighted by Crippen LogP contribution is -2.24. The molecule has 0 aliphatic heterocycles. The largest absolute Gasteiger partial charge is 0.346 e. The van der Waals surface area contributed by atoms with E-state index in [1.54, 1.807) is 23.5 Å². The fraction of sp³-hybridized carbons (Fsp3) is 0.250. The fourth-order valence-corrected chi connectivity index (χ4v) is 2.52. The molecule has 0 unspecified atom stereocenters. The first kappa shape index (κ1) is 13.4. The molecule has 0 aliphatic rings. The van der Waals surface area contributed by atoms with Crippen LogP contribution < -0.4 is 16.6 Å². The Morgan fingerprint density at radius 1 is 1.37 bits per heavy atom. The van der Waals surface area contributed by atoms with Gasteiger partial charge in [-0.1, -0.05) is 0 Å². The lowest BCUT2D eigenvalue weighted by molar-refractivity contribution is 0.0945. The first-order valence-electron chi connectivity index (χ1n) is 5.74. The van der Waals surface area contributed by atoms with Gasteiger partial charge in [0.15, 0.2) is 11.5 Å². The topological polar surface area (TPSA) is 92.9 Å². The Balaban J connectivity index is 1.96. The highest BCUT2D eigenvalue weighted by molar-refractivity contribution is 7.12. The smallest absolute Gasteiger partial charge is 0.272 e. The van der Waals surface area contributed by atoms with Crippen molar-refractivity contribution in [3.63, 3.8) is 0 Å². The van der Waals surface area contributed by atoms with Crippen molar-refractivity contribution in [2.45, 2.75) is 20.4 Å². The molecular weight excluding hydrogens is 262 g/mol. The lowest BCUT2D eigenvalue weighted by Gasteiger charge is -2.03. The molecule has 2 aromatic heterocycles. The molecule has 2 rings (SSSR count). The maximum absolute atomic E-state index is 11.8. The molecular formula is C12H15N5OS. The number of thiophene rings is 1. The highest BCUT2D eigenvalue weighted by Crippen LogP contribution is 2.20. The number of carbonyl (C=O) groups excluding carboxylic acids is 1. The summed E-state index contributed by atoms with van der Waals surface area (Å²) in [5, 5.41) is 10.3. The maximum atomic E-state index is 11.8. The summed E-state index contributed by atoms with van der Waals surface area (Å²) in [6.45, 7) is 4.62. The standard InChI is InChI=1S/C12H15N5OS/c1-7-5-9(19-8(7)2)6-14-12(18)10-3-4-11(15-13)17-16-10/h3-5H,6,13H2,1-2H3,(H,14,18)(H,15,17). The third-order valence-electron chi connectivity index (χ3n) is 2.69. The number of nitrogen functional groups attached to an aromatic ring is 1. The molecule has 0 saturated heterocycles. The second-order valence-electron chi connectivity index (χ2n) is 4.08. The van der Waals surface area contributed by atoms with Gasteiger partial charge < -0.3 is 10.7 Å². The molecule has 0 radical (unpaired) electrons. The summed E-state index contributed by atoms with van der Waals surface area (Å²) in [4.78, 5) is 14.2. The minimum Gasteiger partial charge on any atom is -0.346 e. The predicted octanol–water partition coefficient (Wildman–Crippen LogP) is 1.37. The molecule has 7 heteroatoms. The molecule has 0 aromatic carbocycles. The van der Waals surface area contributed by atoms with Crippen LogP contribution in [0.15, 0.2) is 18.2 Å². The van der Waals surface area contributed by atoms with Gasteiger partial charge in [0.2, 0.25) is 0 Å². The quantitative estimate of drug-likeness (QED) is 0.580. The van der Waals surface area contributed by atoms with Crippen LogP contribution in [0.2, 0.25) is 0 Å². The van der Waals surface area contributed by atoms with Crippen LogP contribution >= 0.6 is 11.3 Å². The summed E-state index contributed by atoms with van der Waals surface area (Å²) >= 11 is 1.68. The molecule has 1 amide bonds. The zero-order valence-corrected chi connectivity index (χ0v) is 11.5. The van der Waals surface area contributed by atoms with Crippen molar-refractivity contribution in [3.8, 4) is 0 Å².